The van der Waals surface area contributed by atoms with Crippen molar-refractivity contribution in [3.63, 3.8) is 0 Å². The van der Waals surface area contributed by atoms with Crippen LogP contribution in [0.25, 0.3) is 22.9 Å². The molecule has 0 radical (unpaired) electrons. The Kier molecular flexibility index (Phi) is 5.35. The Balaban J connectivity index is 1.99. The van der Waals surface area contributed by atoms with Crippen LogP contribution in [-0.2, 0) is 0 Å². The van der Waals surface area contributed by atoms with Crippen LogP contribution >= 0.6 is 11.3 Å². The van der Waals surface area contributed by atoms with Crippen LogP contribution in [0.1, 0.15) is 16.1 Å². The smallest absolute Gasteiger partial charge is 0.167 e. The second-order valence-electron chi connectivity index (χ2n) is 5.66. The molecule has 0 aliphatic heterocycles. The zero-order valence-corrected chi connectivity index (χ0v) is 15.6. The van der Waals surface area contributed by atoms with Gasteiger partial charge in [0, 0.05) is 16.5 Å². The van der Waals surface area contributed by atoms with E-state index in [1.807, 2.05) is 42.6 Å². The molecule has 0 bridgehead atoms. The van der Waals surface area contributed by atoms with Crippen LogP contribution in [0.5, 0.6) is 11.5 Å². The molecule has 0 unspecified atom stereocenters. The highest BCUT2D eigenvalue weighted by Crippen LogP contribution is 2.34. The Morgan fingerprint density at radius 2 is 1.88 bits per heavy atom. The highest BCUT2D eigenvalue weighted by molar-refractivity contribution is 7.11. The molecule has 0 saturated heterocycles. The van der Waals surface area contributed by atoms with E-state index >= 15 is 0 Å². The van der Waals surface area contributed by atoms with Crippen molar-refractivity contribution >= 4 is 23.0 Å². The standard InChI is InChI=1S/C21H18N2O2S/c1-14-7-9-15(10-8-14)18-13-26-21(23-18)17(12-22)11-16-5-4-6-19(24-2)20(16)25-3/h4-11,13H,1-3H3/b17-11-. The SMILES string of the molecule is COc1cccc(/C=C(/C#N)c2nc(-c3ccc(C)cc3)cs2)c1OC. The summed E-state index contributed by atoms with van der Waals surface area (Å²) in [7, 11) is 3.17. The fourth-order valence-corrected chi connectivity index (χ4v) is 3.37. The largest absolute Gasteiger partial charge is 0.493 e. The van der Waals surface area contributed by atoms with E-state index in [4.69, 9.17) is 9.47 Å². The van der Waals surface area contributed by atoms with Gasteiger partial charge >= 0.3 is 0 Å². The fraction of sp³-hybridized carbons (Fsp3) is 0.143. The van der Waals surface area contributed by atoms with Gasteiger partial charge in [-0.2, -0.15) is 5.26 Å². The molecule has 0 atom stereocenters. The van der Waals surface area contributed by atoms with E-state index in [1.54, 1.807) is 20.3 Å². The molecule has 3 aromatic rings. The van der Waals surface area contributed by atoms with Gasteiger partial charge in [0.05, 0.1) is 25.5 Å². The van der Waals surface area contributed by atoms with E-state index < -0.39 is 0 Å². The predicted molar refractivity (Wildman–Crippen MR) is 105 cm³/mol. The molecule has 0 N–H and O–H groups in total. The Labute approximate surface area is 157 Å². The summed E-state index contributed by atoms with van der Waals surface area (Å²) in [5.74, 6) is 1.22. The number of ether oxygens (including phenoxy) is 2. The Hall–Kier alpha value is -3.10. The number of aromatic nitrogens is 1. The number of allylic oxidation sites excluding steroid dienone is 1. The molecule has 0 spiro atoms. The fourth-order valence-electron chi connectivity index (χ4n) is 2.58. The molecule has 2 aromatic carbocycles. The maximum absolute atomic E-state index is 9.62. The summed E-state index contributed by atoms with van der Waals surface area (Å²) in [5, 5.41) is 12.3. The summed E-state index contributed by atoms with van der Waals surface area (Å²) in [4.78, 5) is 4.63. The minimum atomic E-state index is 0.486. The van der Waals surface area contributed by atoms with Crippen molar-refractivity contribution in [3.05, 3.63) is 64.0 Å². The third kappa shape index (κ3) is 3.61. The highest BCUT2D eigenvalue weighted by Gasteiger charge is 2.12. The van der Waals surface area contributed by atoms with E-state index in [0.29, 0.717) is 22.1 Å². The summed E-state index contributed by atoms with van der Waals surface area (Å²) >= 11 is 1.45. The van der Waals surface area contributed by atoms with Crippen molar-refractivity contribution in [2.24, 2.45) is 0 Å². The van der Waals surface area contributed by atoms with Crippen molar-refractivity contribution < 1.29 is 9.47 Å². The lowest BCUT2D eigenvalue weighted by atomic mass is 10.1. The van der Waals surface area contributed by atoms with E-state index in [-0.39, 0.29) is 0 Å². The second kappa shape index (κ2) is 7.85. The number of aryl methyl sites for hydroxylation is 1. The number of benzene rings is 2. The molecule has 0 fully saturated rings. The van der Waals surface area contributed by atoms with Crippen molar-refractivity contribution in [2.75, 3.05) is 14.2 Å². The second-order valence-corrected chi connectivity index (χ2v) is 6.51. The summed E-state index contributed by atoms with van der Waals surface area (Å²) in [6.45, 7) is 2.05. The average Bonchev–Trinajstić information content (AvgIpc) is 3.16. The number of hydrogen-bond donors (Lipinski definition) is 0. The van der Waals surface area contributed by atoms with Crippen LogP contribution in [0.15, 0.2) is 47.8 Å². The molecular formula is C21H18N2O2S. The quantitative estimate of drug-likeness (QED) is 0.585. The van der Waals surface area contributed by atoms with Crippen LogP contribution < -0.4 is 9.47 Å². The van der Waals surface area contributed by atoms with Gasteiger partial charge in [-0.05, 0) is 19.1 Å². The van der Waals surface area contributed by atoms with Gasteiger partial charge in [0.1, 0.15) is 11.1 Å². The Morgan fingerprint density at radius 3 is 2.54 bits per heavy atom. The van der Waals surface area contributed by atoms with Crippen LogP contribution in [-0.4, -0.2) is 19.2 Å². The number of hydrogen-bond acceptors (Lipinski definition) is 5. The number of thiazole rings is 1. The number of rotatable bonds is 5. The van der Waals surface area contributed by atoms with Gasteiger partial charge in [-0.15, -0.1) is 11.3 Å². The zero-order valence-electron chi connectivity index (χ0n) is 14.8. The Bertz CT molecular complexity index is 982. The third-order valence-electron chi connectivity index (χ3n) is 3.94. The highest BCUT2D eigenvalue weighted by atomic mass is 32.1. The zero-order chi connectivity index (χ0) is 18.5. The summed E-state index contributed by atoms with van der Waals surface area (Å²) in [6, 6.07) is 16.0. The lowest BCUT2D eigenvalue weighted by Gasteiger charge is -2.10. The molecule has 3 rings (SSSR count). The first-order valence-corrected chi connectivity index (χ1v) is 8.90. The third-order valence-corrected chi connectivity index (χ3v) is 4.81. The van der Waals surface area contributed by atoms with Crippen molar-refractivity contribution in [1.29, 1.82) is 5.26 Å². The van der Waals surface area contributed by atoms with Gasteiger partial charge in [0.15, 0.2) is 11.5 Å². The normalized spacial score (nSPS) is 11.1. The van der Waals surface area contributed by atoms with Gasteiger partial charge in [0.25, 0.3) is 0 Å². The molecule has 0 amide bonds. The monoisotopic (exact) mass is 362 g/mol. The van der Waals surface area contributed by atoms with E-state index in [2.05, 4.69) is 23.2 Å². The summed E-state index contributed by atoms with van der Waals surface area (Å²) < 4.78 is 10.8. The molecule has 1 heterocycles. The average molecular weight is 362 g/mol. The molecule has 26 heavy (non-hydrogen) atoms. The first kappa shape index (κ1) is 17.7. The number of nitriles is 1. The van der Waals surface area contributed by atoms with Gasteiger partial charge in [-0.1, -0.05) is 42.0 Å². The number of nitrogens with zero attached hydrogens (tertiary/aromatic N) is 2. The Morgan fingerprint density at radius 1 is 1.12 bits per heavy atom. The molecule has 4 nitrogen and oxygen atoms in total. The van der Waals surface area contributed by atoms with Crippen LogP contribution in [0.2, 0.25) is 0 Å². The minimum absolute atomic E-state index is 0.486. The van der Waals surface area contributed by atoms with Crippen LogP contribution in [0, 0.1) is 18.3 Å². The summed E-state index contributed by atoms with van der Waals surface area (Å²) in [5.41, 5.74) is 4.36. The van der Waals surface area contributed by atoms with Gasteiger partial charge in [-0.25, -0.2) is 4.98 Å². The van der Waals surface area contributed by atoms with Crippen LogP contribution in [0.4, 0.5) is 0 Å². The van der Waals surface area contributed by atoms with Gasteiger partial charge in [0.2, 0.25) is 0 Å². The summed E-state index contributed by atoms with van der Waals surface area (Å²) in [6.07, 6.45) is 1.78. The van der Waals surface area contributed by atoms with E-state index in [1.165, 1.54) is 16.9 Å². The number of methoxy groups -OCH3 is 2. The van der Waals surface area contributed by atoms with Crippen molar-refractivity contribution in [2.45, 2.75) is 6.92 Å². The van der Waals surface area contributed by atoms with Crippen molar-refractivity contribution in [3.8, 4) is 28.8 Å². The van der Waals surface area contributed by atoms with E-state index in [0.717, 1.165) is 16.8 Å². The first-order chi connectivity index (χ1) is 12.7. The topological polar surface area (TPSA) is 55.1 Å². The lowest BCUT2D eigenvalue weighted by molar-refractivity contribution is 0.354. The first-order valence-electron chi connectivity index (χ1n) is 8.02. The van der Waals surface area contributed by atoms with Crippen molar-refractivity contribution in [1.82, 2.24) is 4.98 Å². The molecule has 0 aliphatic rings. The molecule has 1 aromatic heterocycles. The van der Waals surface area contributed by atoms with Crippen LogP contribution in [0.3, 0.4) is 0 Å². The maximum Gasteiger partial charge on any atom is 0.167 e. The number of para-hydroxylation sites is 1. The van der Waals surface area contributed by atoms with E-state index in [9.17, 15) is 5.26 Å². The predicted octanol–water partition coefficient (Wildman–Crippen LogP) is 5.20. The van der Waals surface area contributed by atoms with Gasteiger partial charge in [-0.3, -0.25) is 0 Å². The molecule has 0 aliphatic carbocycles. The lowest BCUT2D eigenvalue weighted by Crippen LogP contribution is -1.93. The molecule has 0 saturated carbocycles. The molecule has 130 valence electrons. The van der Waals surface area contributed by atoms with Gasteiger partial charge < -0.3 is 9.47 Å². The molecular weight excluding hydrogens is 344 g/mol. The minimum Gasteiger partial charge on any atom is -0.493 e. The maximum atomic E-state index is 9.62. The molecule has 5 heteroatoms.